The zero-order valence-electron chi connectivity index (χ0n) is 10.3. The molecule has 1 heterocycles. The molecular formula is C13H12N2O4. The molecule has 0 saturated heterocycles. The summed E-state index contributed by atoms with van der Waals surface area (Å²) in [5, 5.41) is 13.2. The zero-order chi connectivity index (χ0) is 13.8. The standard InChI is InChI=1S/C13H12N2O4/c1-2-9-5-3-4-6-10(9)14-13(16)11-7-8-12(19-11)15(17)18/h3-8H,2H2,1H3,(H,14,16). The van der Waals surface area contributed by atoms with Crippen LogP contribution in [-0.2, 0) is 6.42 Å². The van der Waals surface area contributed by atoms with Gasteiger partial charge in [0.2, 0.25) is 0 Å². The van der Waals surface area contributed by atoms with Gasteiger partial charge in [-0.1, -0.05) is 25.1 Å². The number of hydrogen-bond donors (Lipinski definition) is 1. The number of rotatable bonds is 4. The molecule has 1 aromatic heterocycles. The van der Waals surface area contributed by atoms with Crippen molar-refractivity contribution in [3.8, 4) is 0 Å². The van der Waals surface area contributed by atoms with Crippen LogP contribution < -0.4 is 5.32 Å². The predicted octanol–water partition coefficient (Wildman–Crippen LogP) is 3.00. The van der Waals surface area contributed by atoms with E-state index in [0.29, 0.717) is 5.69 Å². The number of anilines is 1. The highest BCUT2D eigenvalue weighted by atomic mass is 16.6. The second kappa shape index (κ2) is 5.34. The fourth-order valence-electron chi connectivity index (χ4n) is 1.68. The minimum atomic E-state index is -0.684. The largest absolute Gasteiger partial charge is 0.433 e. The van der Waals surface area contributed by atoms with Gasteiger partial charge >= 0.3 is 5.88 Å². The summed E-state index contributed by atoms with van der Waals surface area (Å²) in [6.45, 7) is 1.97. The molecule has 1 amide bonds. The van der Waals surface area contributed by atoms with Gasteiger partial charge in [-0.2, -0.15) is 0 Å². The van der Waals surface area contributed by atoms with E-state index in [1.54, 1.807) is 12.1 Å². The number of nitrogens with zero attached hydrogens (tertiary/aromatic N) is 1. The lowest BCUT2D eigenvalue weighted by Crippen LogP contribution is -2.12. The summed E-state index contributed by atoms with van der Waals surface area (Å²) in [4.78, 5) is 21.7. The summed E-state index contributed by atoms with van der Waals surface area (Å²) in [5.74, 6) is -1.04. The first kappa shape index (κ1) is 12.8. The van der Waals surface area contributed by atoms with E-state index in [4.69, 9.17) is 4.42 Å². The van der Waals surface area contributed by atoms with Gasteiger partial charge in [0.05, 0.1) is 6.07 Å². The number of nitrogens with one attached hydrogen (secondary N) is 1. The normalized spacial score (nSPS) is 10.2. The average molecular weight is 260 g/mol. The fraction of sp³-hybridized carbons (Fsp3) is 0.154. The van der Waals surface area contributed by atoms with E-state index < -0.39 is 16.7 Å². The Morgan fingerprint density at radius 1 is 1.32 bits per heavy atom. The smallest absolute Gasteiger partial charge is 0.395 e. The Balaban J connectivity index is 2.18. The lowest BCUT2D eigenvalue weighted by atomic mass is 10.1. The van der Waals surface area contributed by atoms with E-state index >= 15 is 0 Å². The van der Waals surface area contributed by atoms with Crippen molar-refractivity contribution >= 4 is 17.5 Å². The molecule has 1 aromatic carbocycles. The maximum Gasteiger partial charge on any atom is 0.433 e. The minimum Gasteiger partial charge on any atom is -0.395 e. The topological polar surface area (TPSA) is 85.4 Å². The second-order valence-corrected chi connectivity index (χ2v) is 3.86. The number of nitro groups is 1. The first-order chi connectivity index (χ1) is 9.11. The van der Waals surface area contributed by atoms with Crippen LogP contribution in [0.2, 0.25) is 0 Å². The molecule has 0 aliphatic heterocycles. The van der Waals surface area contributed by atoms with Crippen molar-refractivity contribution in [2.45, 2.75) is 13.3 Å². The third kappa shape index (κ3) is 2.79. The number of para-hydroxylation sites is 1. The Kier molecular flexibility index (Phi) is 3.61. The number of amides is 1. The lowest BCUT2D eigenvalue weighted by molar-refractivity contribution is -0.402. The van der Waals surface area contributed by atoms with E-state index in [9.17, 15) is 14.9 Å². The van der Waals surface area contributed by atoms with Crippen molar-refractivity contribution < 1.29 is 14.1 Å². The summed E-state index contributed by atoms with van der Waals surface area (Å²) in [5.41, 5.74) is 1.66. The summed E-state index contributed by atoms with van der Waals surface area (Å²) >= 11 is 0. The molecule has 0 aliphatic rings. The third-order valence-electron chi connectivity index (χ3n) is 2.64. The minimum absolute atomic E-state index is 0.0855. The van der Waals surface area contributed by atoms with Gasteiger partial charge < -0.3 is 9.73 Å². The van der Waals surface area contributed by atoms with Gasteiger partial charge in [-0.25, -0.2) is 0 Å². The molecule has 98 valence electrons. The third-order valence-corrected chi connectivity index (χ3v) is 2.64. The predicted molar refractivity (Wildman–Crippen MR) is 69.1 cm³/mol. The Labute approximate surface area is 109 Å². The van der Waals surface area contributed by atoms with Crippen molar-refractivity contribution in [3.63, 3.8) is 0 Å². The van der Waals surface area contributed by atoms with Crippen LogP contribution in [-0.4, -0.2) is 10.8 Å². The molecule has 19 heavy (non-hydrogen) atoms. The maximum absolute atomic E-state index is 11.9. The summed E-state index contributed by atoms with van der Waals surface area (Å²) < 4.78 is 4.84. The fourth-order valence-corrected chi connectivity index (χ4v) is 1.68. The molecule has 6 nitrogen and oxygen atoms in total. The van der Waals surface area contributed by atoms with Crippen LogP contribution in [0.25, 0.3) is 0 Å². The van der Waals surface area contributed by atoms with Crippen LogP contribution in [0.1, 0.15) is 23.0 Å². The van der Waals surface area contributed by atoms with Crippen molar-refractivity contribution in [1.29, 1.82) is 0 Å². The first-order valence-corrected chi connectivity index (χ1v) is 5.75. The highest BCUT2D eigenvalue weighted by molar-refractivity contribution is 6.02. The van der Waals surface area contributed by atoms with Crippen molar-refractivity contribution in [2.24, 2.45) is 0 Å². The number of carbonyl (C=O) groups is 1. The molecule has 0 spiro atoms. The average Bonchev–Trinajstić information content (AvgIpc) is 2.89. The number of furan rings is 1. The van der Waals surface area contributed by atoms with Gasteiger partial charge in [0.1, 0.15) is 4.92 Å². The summed E-state index contributed by atoms with van der Waals surface area (Å²) in [6.07, 6.45) is 0.773. The molecule has 0 bridgehead atoms. The van der Waals surface area contributed by atoms with E-state index in [-0.39, 0.29) is 5.76 Å². The Hall–Kier alpha value is -2.63. The van der Waals surface area contributed by atoms with Gasteiger partial charge in [0.25, 0.3) is 5.91 Å². The number of aryl methyl sites for hydroxylation is 1. The van der Waals surface area contributed by atoms with Crippen LogP contribution in [0.4, 0.5) is 11.6 Å². The van der Waals surface area contributed by atoms with Crippen LogP contribution in [0.15, 0.2) is 40.8 Å². The molecule has 2 rings (SSSR count). The highest BCUT2D eigenvalue weighted by Gasteiger charge is 2.17. The van der Waals surface area contributed by atoms with Gasteiger partial charge in [-0.05, 0) is 24.1 Å². The molecule has 6 heteroatoms. The van der Waals surface area contributed by atoms with Gasteiger partial charge in [0.15, 0.2) is 5.76 Å². The Bertz CT molecular complexity index is 619. The molecule has 0 aliphatic carbocycles. The molecule has 2 aromatic rings. The Morgan fingerprint density at radius 3 is 2.68 bits per heavy atom. The van der Waals surface area contributed by atoms with E-state index in [1.165, 1.54) is 6.07 Å². The molecule has 0 unspecified atom stereocenters. The molecule has 1 N–H and O–H groups in total. The first-order valence-electron chi connectivity index (χ1n) is 5.75. The van der Waals surface area contributed by atoms with Gasteiger partial charge in [0, 0.05) is 5.69 Å². The maximum atomic E-state index is 11.9. The van der Waals surface area contributed by atoms with Crippen molar-refractivity contribution in [1.82, 2.24) is 0 Å². The molecule has 0 saturated carbocycles. The van der Waals surface area contributed by atoms with E-state index in [2.05, 4.69) is 5.32 Å². The van der Waals surface area contributed by atoms with Crippen LogP contribution in [0, 0.1) is 10.1 Å². The highest BCUT2D eigenvalue weighted by Crippen LogP contribution is 2.19. The summed E-state index contributed by atoms with van der Waals surface area (Å²) in [7, 11) is 0. The second-order valence-electron chi connectivity index (χ2n) is 3.86. The molecule has 0 fully saturated rings. The quantitative estimate of drug-likeness (QED) is 0.676. The van der Waals surface area contributed by atoms with Crippen LogP contribution in [0.3, 0.4) is 0 Å². The number of benzene rings is 1. The molecular weight excluding hydrogens is 248 g/mol. The van der Waals surface area contributed by atoms with E-state index in [1.807, 2.05) is 19.1 Å². The molecule has 0 atom stereocenters. The van der Waals surface area contributed by atoms with Crippen molar-refractivity contribution in [2.75, 3.05) is 5.32 Å². The monoisotopic (exact) mass is 260 g/mol. The van der Waals surface area contributed by atoms with Crippen molar-refractivity contribution in [3.05, 3.63) is 57.8 Å². The number of hydrogen-bond acceptors (Lipinski definition) is 4. The van der Waals surface area contributed by atoms with Crippen LogP contribution in [0.5, 0.6) is 0 Å². The Morgan fingerprint density at radius 2 is 2.05 bits per heavy atom. The number of carbonyl (C=O) groups excluding carboxylic acids is 1. The summed E-state index contributed by atoms with van der Waals surface area (Å²) in [6, 6.07) is 9.79. The van der Waals surface area contributed by atoms with Gasteiger partial charge in [-0.15, -0.1) is 0 Å². The SMILES string of the molecule is CCc1ccccc1NC(=O)c1ccc([N+](=O)[O-])o1. The molecule has 0 radical (unpaired) electrons. The lowest BCUT2D eigenvalue weighted by Gasteiger charge is -2.07. The van der Waals surface area contributed by atoms with E-state index in [0.717, 1.165) is 18.1 Å². The zero-order valence-corrected chi connectivity index (χ0v) is 10.3. The van der Waals surface area contributed by atoms with Crippen LogP contribution >= 0.6 is 0 Å². The van der Waals surface area contributed by atoms with Gasteiger partial charge in [-0.3, -0.25) is 14.9 Å².